The zero-order chi connectivity index (χ0) is 12.7. The lowest BCUT2D eigenvalue weighted by Gasteiger charge is -2.07. The number of nitrogens with two attached hydrogens (primary N) is 1. The number of nitrogens with zero attached hydrogens (tertiary/aromatic N) is 2. The summed E-state index contributed by atoms with van der Waals surface area (Å²) in [4.78, 5) is 16.3. The van der Waals surface area contributed by atoms with E-state index in [9.17, 15) is 4.79 Å². The first-order valence-corrected chi connectivity index (χ1v) is 6.15. The molecule has 1 aliphatic carbocycles. The van der Waals surface area contributed by atoms with Crippen molar-refractivity contribution in [3.05, 3.63) is 24.0 Å². The second-order valence-electron chi connectivity index (χ2n) is 4.84. The van der Waals surface area contributed by atoms with Crippen molar-refractivity contribution in [3.8, 4) is 0 Å². The van der Waals surface area contributed by atoms with Crippen LogP contribution in [-0.4, -0.2) is 21.5 Å². The fourth-order valence-corrected chi connectivity index (χ4v) is 2.11. The van der Waals surface area contributed by atoms with Crippen LogP contribution in [0.1, 0.15) is 18.7 Å². The molecule has 94 valence electrons. The fourth-order valence-electron chi connectivity index (χ4n) is 2.11. The summed E-state index contributed by atoms with van der Waals surface area (Å²) >= 11 is 0. The molecular formula is C13H16N4O. The Morgan fingerprint density at radius 3 is 3.06 bits per heavy atom. The first-order chi connectivity index (χ1) is 8.63. The van der Waals surface area contributed by atoms with Crippen molar-refractivity contribution in [2.75, 3.05) is 5.73 Å². The van der Waals surface area contributed by atoms with E-state index in [1.807, 2.05) is 29.7 Å². The molecule has 0 radical (unpaired) electrons. The van der Waals surface area contributed by atoms with E-state index in [0.717, 1.165) is 29.7 Å². The lowest BCUT2D eigenvalue weighted by atomic mass is 10.3. The van der Waals surface area contributed by atoms with Crippen molar-refractivity contribution in [2.45, 2.75) is 32.4 Å². The number of carbonyl (C=O) groups is 1. The average Bonchev–Trinajstić information content (AvgIpc) is 3.05. The van der Waals surface area contributed by atoms with Crippen molar-refractivity contribution in [1.29, 1.82) is 0 Å². The Bertz CT molecular complexity index is 613. The number of benzene rings is 1. The van der Waals surface area contributed by atoms with Crippen LogP contribution in [0.5, 0.6) is 0 Å². The van der Waals surface area contributed by atoms with Gasteiger partial charge in [-0.2, -0.15) is 0 Å². The number of rotatable bonds is 3. The third-order valence-corrected chi connectivity index (χ3v) is 3.21. The Hall–Kier alpha value is -2.04. The molecule has 5 heteroatoms. The Balaban J connectivity index is 1.90. The number of nitrogen functional groups attached to an aromatic ring is 1. The monoisotopic (exact) mass is 244 g/mol. The molecule has 1 aromatic heterocycles. The van der Waals surface area contributed by atoms with Crippen LogP contribution < -0.4 is 11.1 Å². The SMILES string of the molecule is Cc1nc2cc(N)ccc2n1CC(=O)NC1CC1. The third-order valence-electron chi connectivity index (χ3n) is 3.21. The Morgan fingerprint density at radius 1 is 1.56 bits per heavy atom. The van der Waals surface area contributed by atoms with Crippen LogP contribution in [0.15, 0.2) is 18.2 Å². The topological polar surface area (TPSA) is 72.9 Å². The molecule has 1 amide bonds. The van der Waals surface area contributed by atoms with Crippen LogP contribution >= 0.6 is 0 Å². The van der Waals surface area contributed by atoms with Gasteiger partial charge >= 0.3 is 0 Å². The molecule has 0 saturated heterocycles. The minimum atomic E-state index is 0.0525. The number of hydrogen-bond donors (Lipinski definition) is 2. The summed E-state index contributed by atoms with van der Waals surface area (Å²) in [6.45, 7) is 2.23. The molecule has 0 atom stereocenters. The highest BCUT2D eigenvalue weighted by atomic mass is 16.2. The molecule has 3 N–H and O–H groups in total. The van der Waals surface area contributed by atoms with E-state index in [-0.39, 0.29) is 5.91 Å². The average molecular weight is 244 g/mol. The maximum atomic E-state index is 11.8. The number of hydrogen-bond acceptors (Lipinski definition) is 3. The molecule has 0 spiro atoms. The molecule has 1 heterocycles. The van der Waals surface area contributed by atoms with Gasteiger partial charge in [0.25, 0.3) is 0 Å². The number of amides is 1. The van der Waals surface area contributed by atoms with Crippen LogP contribution in [0.25, 0.3) is 11.0 Å². The largest absolute Gasteiger partial charge is 0.399 e. The lowest BCUT2D eigenvalue weighted by molar-refractivity contribution is -0.121. The molecule has 1 saturated carbocycles. The van der Waals surface area contributed by atoms with Gasteiger partial charge < -0.3 is 15.6 Å². The second kappa shape index (κ2) is 4.01. The van der Waals surface area contributed by atoms with Gasteiger partial charge in [0.2, 0.25) is 5.91 Å². The first kappa shape index (κ1) is 11.1. The van der Waals surface area contributed by atoms with Crippen molar-refractivity contribution in [1.82, 2.24) is 14.9 Å². The molecule has 0 bridgehead atoms. The number of nitrogens with one attached hydrogen (secondary N) is 1. The maximum Gasteiger partial charge on any atom is 0.240 e. The van der Waals surface area contributed by atoms with Gasteiger partial charge in [-0.15, -0.1) is 0 Å². The van der Waals surface area contributed by atoms with Gasteiger partial charge in [0.1, 0.15) is 12.4 Å². The molecule has 18 heavy (non-hydrogen) atoms. The molecule has 1 aliphatic rings. The molecule has 0 aliphatic heterocycles. The number of fused-ring (bicyclic) bond motifs is 1. The van der Waals surface area contributed by atoms with E-state index in [0.29, 0.717) is 18.3 Å². The highest BCUT2D eigenvalue weighted by Gasteiger charge is 2.23. The fraction of sp³-hybridized carbons (Fsp3) is 0.385. The van der Waals surface area contributed by atoms with Gasteiger partial charge in [-0.1, -0.05) is 0 Å². The molecular weight excluding hydrogens is 228 g/mol. The molecule has 5 nitrogen and oxygen atoms in total. The highest BCUT2D eigenvalue weighted by Crippen LogP contribution is 2.20. The Morgan fingerprint density at radius 2 is 2.33 bits per heavy atom. The van der Waals surface area contributed by atoms with Gasteiger partial charge in [-0.05, 0) is 38.0 Å². The van der Waals surface area contributed by atoms with Crippen LogP contribution in [-0.2, 0) is 11.3 Å². The minimum Gasteiger partial charge on any atom is -0.399 e. The number of aryl methyl sites for hydroxylation is 1. The normalized spacial score (nSPS) is 14.9. The summed E-state index contributed by atoms with van der Waals surface area (Å²) in [5.74, 6) is 0.887. The molecule has 0 unspecified atom stereocenters. The van der Waals surface area contributed by atoms with Gasteiger partial charge in [-0.25, -0.2) is 4.98 Å². The minimum absolute atomic E-state index is 0.0525. The standard InChI is InChI=1S/C13H16N4O/c1-8-15-11-6-9(14)2-5-12(11)17(8)7-13(18)16-10-3-4-10/h2,5-6,10H,3-4,7,14H2,1H3,(H,16,18). The number of carbonyl (C=O) groups excluding carboxylic acids is 1. The van der Waals surface area contributed by atoms with E-state index >= 15 is 0 Å². The van der Waals surface area contributed by atoms with E-state index in [2.05, 4.69) is 10.3 Å². The number of anilines is 1. The molecule has 1 fully saturated rings. The smallest absolute Gasteiger partial charge is 0.240 e. The van der Waals surface area contributed by atoms with Crippen molar-refractivity contribution in [3.63, 3.8) is 0 Å². The summed E-state index contributed by atoms with van der Waals surface area (Å²) < 4.78 is 1.92. The highest BCUT2D eigenvalue weighted by molar-refractivity contribution is 5.83. The Kier molecular flexibility index (Phi) is 2.47. The summed E-state index contributed by atoms with van der Waals surface area (Å²) in [6, 6.07) is 5.97. The predicted molar refractivity (Wildman–Crippen MR) is 70.0 cm³/mol. The lowest BCUT2D eigenvalue weighted by Crippen LogP contribution is -2.29. The van der Waals surface area contributed by atoms with E-state index in [4.69, 9.17) is 5.73 Å². The summed E-state index contributed by atoms with van der Waals surface area (Å²) in [5, 5.41) is 2.98. The van der Waals surface area contributed by atoms with Gasteiger partial charge in [0.05, 0.1) is 11.0 Å². The van der Waals surface area contributed by atoms with Crippen molar-refractivity contribution < 1.29 is 4.79 Å². The molecule has 3 rings (SSSR count). The van der Waals surface area contributed by atoms with Crippen LogP contribution in [0.3, 0.4) is 0 Å². The zero-order valence-corrected chi connectivity index (χ0v) is 10.3. The van der Waals surface area contributed by atoms with Crippen LogP contribution in [0, 0.1) is 6.92 Å². The predicted octanol–water partition coefficient (Wildman–Crippen LogP) is 1.21. The third kappa shape index (κ3) is 2.03. The summed E-state index contributed by atoms with van der Waals surface area (Å²) in [6.07, 6.45) is 2.21. The van der Waals surface area contributed by atoms with E-state index in [1.165, 1.54) is 0 Å². The number of aromatic nitrogens is 2. The van der Waals surface area contributed by atoms with Gasteiger partial charge in [-0.3, -0.25) is 4.79 Å². The summed E-state index contributed by atoms with van der Waals surface area (Å²) in [5.41, 5.74) is 8.21. The zero-order valence-electron chi connectivity index (χ0n) is 10.3. The summed E-state index contributed by atoms with van der Waals surface area (Å²) in [7, 11) is 0. The first-order valence-electron chi connectivity index (χ1n) is 6.15. The quantitative estimate of drug-likeness (QED) is 0.797. The maximum absolute atomic E-state index is 11.8. The van der Waals surface area contributed by atoms with E-state index in [1.54, 1.807) is 0 Å². The Labute approximate surface area is 105 Å². The van der Waals surface area contributed by atoms with Crippen molar-refractivity contribution >= 4 is 22.6 Å². The van der Waals surface area contributed by atoms with Crippen LogP contribution in [0.4, 0.5) is 5.69 Å². The van der Waals surface area contributed by atoms with Crippen LogP contribution in [0.2, 0.25) is 0 Å². The molecule has 2 aromatic rings. The van der Waals surface area contributed by atoms with Crippen molar-refractivity contribution in [2.24, 2.45) is 0 Å². The number of imidazole rings is 1. The molecule has 1 aromatic carbocycles. The van der Waals surface area contributed by atoms with E-state index < -0.39 is 0 Å². The van der Waals surface area contributed by atoms with Gasteiger partial charge in [0, 0.05) is 11.7 Å². The van der Waals surface area contributed by atoms with Gasteiger partial charge in [0.15, 0.2) is 0 Å². The second-order valence-corrected chi connectivity index (χ2v) is 4.84.